The van der Waals surface area contributed by atoms with Crippen molar-refractivity contribution in [2.75, 3.05) is 5.73 Å². The van der Waals surface area contributed by atoms with Crippen LogP contribution in [0.3, 0.4) is 0 Å². The first-order valence-corrected chi connectivity index (χ1v) is 6.39. The summed E-state index contributed by atoms with van der Waals surface area (Å²) in [7, 11) is 0. The lowest BCUT2D eigenvalue weighted by molar-refractivity contribution is 0.477. The van der Waals surface area contributed by atoms with Crippen LogP contribution in [0.25, 0.3) is 0 Å². The maximum Gasteiger partial charge on any atom is 0.149 e. The van der Waals surface area contributed by atoms with E-state index in [0.29, 0.717) is 16.5 Å². The van der Waals surface area contributed by atoms with Crippen LogP contribution in [0.1, 0.15) is 0 Å². The number of ether oxygens (including phenoxy) is 1. The SMILES string of the molecule is Nc1ccc(Oc2cc(F)c(Br)cc2Cl)c(Cl)c1. The van der Waals surface area contributed by atoms with Gasteiger partial charge in [0.05, 0.1) is 14.5 Å². The lowest BCUT2D eigenvalue weighted by atomic mass is 10.3. The predicted molar refractivity (Wildman–Crippen MR) is 75.0 cm³/mol. The highest BCUT2D eigenvalue weighted by molar-refractivity contribution is 9.10. The minimum atomic E-state index is -0.471. The molecule has 2 N–H and O–H groups in total. The zero-order valence-corrected chi connectivity index (χ0v) is 12.0. The van der Waals surface area contributed by atoms with Gasteiger partial charge in [0.25, 0.3) is 0 Å². The van der Waals surface area contributed by atoms with Crippen molar-refractivity contribution in [2.24, 2.45) is 0 Å². The highest BCUT2D eigenvalue weighted by Crippen LogP contribution is 2.36. The molecule has 2 aromatic rings. The summed E-state index contributed by atoms with van der Waals surface area (Å²) in [6.45, 7) is 0. The van der Waals surface area contributed by atoms with E-state index in [-0.39, 0.29) is 15.2 Å². The zero-order chi connectivity index (χ0) is 13.3. The lowest BCUT2D eigenvalue weighted by Crippen LogP contribution is -1.90. The molecule has 0 amide bonds. The highest BCUT2D eigenvalue weighted by Gasteiger charge is 2.10. The second-order valence-electron chi connectivity index (χ2n) is 3.49. The highest BCUT2D eigenvalue weighted by atomic mass is 79.9. The summed E-state index contributed by atoms with van der Waals surface area (Å²) in [6.07, 6.45) is 0. The van der Waals surface area contributed by atoms with Gasteiger partial charge in [-0.15, -0.1) is 0 Å². The molecule has 0 unspecified atom stereocenters. The standard InChI is InChI=1S/C12H7BrCl2FNO/c13-7-4-9(15)12(5-10(7)16)18-11-2-1-6(17)3-8(11)14/h1-5H,17H2. The Labute approximate surface area is 122 Å². The van der Waals surface area contributed by atoms with Crippen LogP contribution >= 0.6 is 39.1 Å². The summed E-state index contributed by atoms with van der Waals surface area (Å²) < 4.78 is 19.1. The van der Waals surface area contributed by atoms with Crippen molar-refractivity contribution in [2.45, 2.75) is 0 Å². The van der Waals surface area contributed by atoms with Crippen LogP contribution in [0.15, 0.2) is 34.8 Å². The van der Waals surface area contributed by atoms with E-state index in [9.17, 15) is 4.39 Å². The lowest BCUT2D eigenvalue weighted by Gasteiger charge is -2.10. The van der Waals surface area contributed by atoms with Gasteiger partial charge in [-0.3, -0.25) is 0 Å². The van der Waals surface area contributed by atoms with E-state index in [0.717, 1.165) is 0 Å². The van der Waals surface area contributed by atoms with Gasteiger partial charge in [0.1, 0.15) is 17.3 Å². The van der Waals surface area contributed by atoms with Gasteiger partial charge in [0, 0.05) is 11.8 Å². The average molecular weight is 351 g/mol. The Balaban J connectivity index is 2.37. The van der Waals surface area contributed by atoms with Crippen LogP contribution in [0.2, 0.25) is 10.0 Å². The first-order chi connectivity index (χ1) is 8.47. The second kappa shape index (κ2) is 5.34. The summed E-state index contributed by atoms with van der Waals surface area (Å²) in [4.78, 5) is 0. The van der Waals surface area contributed by atoms with Crippen LogP contribution < -0.4 is 10.5 Å². The zero-order valence-electron chi connectivity index (χ0n) is 8.88. The Morgan fingerprint density at radius 2 is 1.72 bits per heavy atom. The maximum atomic E-state index is 13.4. The van der Waals surface area contributed by atoms with Crippen molar-refractivity contribution in [1.82, 2.24) is 0 Å². The third kappa shape index (κ3) is 2.88. The molecule has 0 radical (unpaired) electrons. The third-order valence-electron chi connectivity index (χ3n) is 2.15. The Morgan fingerprint density at radius 1 is 1.06 bits per heavy atom. The molecule has 0 spiro atoms. The molecule has 0 aliphatic carbocycles. The summed E-state index contributed by atoms with van der Waals surface area (Å²) in [6, 6.07) is 7.36. The normalized spacial score (nSPS) is 10.4. The average Bonchev–Trinajstić information content (AvgIpc) is 2.29. The van der Waals surface area contributed by atoms with E-state index >= 15 is 0 Å². The van der Waals surface area contributed by atoms with E-state index in [1.807, 2.05) is 0 Å². The molecule has 2 nitrogen and oxygen atoms in total. The monoisotopic (exact) mass is 349 g/mol. The summed E-state index contributed by atoms with van der Waals surface area (Å²) in [5, 5.41) is 0.602. The van der Waals surface area contributed by atoms with Crippen molar-refractivity contribution in [3.05, 3.63) is 50.7 Å². The molecule has 0 aromatic heterocycles. The molecule has 0 bridgehead atoms. The molecule has 0 saturated heterocycles. The van der Waals surface area contributed by atoms with Gasteiger partial charge < -0.3 is 10.5 Å². The van der Waals surface area contributed by atoms with Gasteiger partial charge in [-0.1, -0.05) is 23.2 Å². The minimum absolute atomic E-state index is 0.184. The van der Waals surface area contributed by atoms with E-state index in [4.69, 9.17) is 33.7 Å². The van der Waals surface area contributed by atoms with Crippen molar-refractivity contribution in [1.29, 1.82) is 0 Å². The number of anilines is 1. The molecule has 94 valence electrons. The van der Waals surface area contributed by atoms with E-state index in [1.54, 1.807) is 18.2 Å². The molecule has 0 aliphatic heterocycles. The van der Waals surface area contributed by atoms with E-state index < -0.39 is 5.82 Å². The first kappa shape index (κ1) is 13.5. The summed E-state index contributed by atoms with van der Waals surface area (Å²) in [5.41, 5.74) is 6.08. The molecule has 6 heteroatoms. The summed E-state index contributed by atoms with van der Waals surface area (Å²) >= 11 is 14.9. The molecule has 0 heterocycles. The fourth-order valence-corrected chi connectivity index (χ4v) is 2.21. The Kier molecular flexibility index (Phi) is 4.00. The number of benzene rings is 2. The summed E-state index contributed by atoms with van der Waals surface area (Å²) in [5.74, 6) is 0.0690. The number of halogens is 4. The van der Waals surface area contributed by atoms with Crippen molar-refractivity contribution >= 4 is 44.8 Å². The molecule has 0 atom stereocenters. The smallest absolute Gasteiger partial charge is 0.149 e. The Morgan fingerprint density at radius 3 is 2.39 bits per heavy atom. The number of hydrogen-bond donors (Lipinski definition) is 1. The van der Waals surface area contributed by atoms with Gasteiger partial charge >= 0.3 is 0 Å². The number of hydrogen-bond acceptors (Lipinski definition) is 2. The molecule has 0 aliphatic rings. The van der Waals surface area contributed by atoms with Crippen molar-refractivity contribution in [3.8, 4) is 11.5 Å². The molecular weight excluding hydrogens is 344 g/mol. The van der Waals surface area contributed by atoms with Crippen LogP contribution in [-0.2, 0) is 0 Å². The number of rotatable bonds is 2. The van der Waals surface area contributed by atoms with Gasteiger partial charge in [0.15, 0.2) is 0 Å². The largest absolute Gasteiger partial charge is 0.454 e. The number of nitrogen functional groups attached to an aromatic ring is 1. The predicted octanol–water partition coefficient (Wildman–Crippen LogP) is 5.27. The molecule has 2 aromatic carbocycles. The molecule has 0 fully saturated rings. The van der Waals surface area contributed by atoms with Gasteiger partial charge in [-0.25, -0.2) is 4.39 Å². The van der Waals surface area contributed by atoms with Crippen LogP contribution in [0.5, 0.6) is 11.5 Å². The third-order valence-corrected chi connectivity index (χ3v) is 3.35. The fourth-order valence-electron chi connectivity index (χ4n) is 1.30. The first-order valence-electron chi connectivity index (χ1n) is 4.85. The van der Waals surface area contributed by atoms with Crippen molar-refractivity contribution in [3.63, 3.8) is 0 Å². The number of nitrogens with two attached hydrogens (primary N) is 1. The molecular formula is C12H7BrCl2FNO. The van der Waals surface area contributed by atoms with Crippen LogP contribution in [0.4, 0.5) is 10.1 Å². The topological polar surface area (TPSA) is 35.2 Å². The van der Waals surface area contributed by atoms with Crippen molar-refractivity contribution < 1.29 is 9.13 Å². The Hall–Kier alpha value is -0.970. The Bertz CT molecular complexity index is 607. The molecule has 2 rings (SSSR count). The molecule has 18 heavy (non-hydrogen) atoms. The fraction of sp³-hybridized carbons (Fsp3) is 0. The van der Waals surface area contributed by atoms with Gasteiger partial charge in [-0.05, 0) is 40.2 Å². The van der Waals surface area contributed by atoms with Gasteiger partial charge in [0.2, 0.25) is 0 Å². The quantitative estimate of drug-likeness (QED) is 0.591. The maximum absolute atomic E-state index is 13.4. The van der Waals surface area contributed by atoms with E-state index in [2.05, 4.69) is 15.9 Å². The second-order valence-corrected chi connectivity index (χ2v) is 5.16. The molecule has 0 saturated carbocycles. The minimum Gasteiger partial charge on any atom is -0.454 e. The van der Waals surface area contributed by atoms with E-state index in [1.165, 1.54) is 12.1 Å². The van der Waals surface area contributed by atoms with Crippen LogP contribution in [-0.4, -0.2) is 0 Å². The van der Waals surface area contributed by atoms with Gasteiger partial charge in [-0.2, -0.15) is 0 Å². The van der Waals surface area contributed by atoms with Crippen LogP contribution in [0, 0.1) is 5.82 Å².